The fourth-order valence-electron chi connectivity index (χ4n) is 8.27. The summed E-state index contributed by atoms with van der Waals surface area (Å²) in [6.45, 7) is 13.9. The van der Waals surface area contributed by atoms with Crippen LogP contribution in [0.3, 0.4) is 0 Å². The number of unbranched alkanes of at least 4 members (excludes halogenated alkanes) is 1. The molecule has 0 aliphatic carbocycles. The van der Waals surface area contributed by atoms with Crippen molar-refractivity contribution in [3.8, 4) is 29.9 Å². The van der Waals surface area contributed by atoms with Gasteiger partial charge >= 0.3 is 14.4 Å². The van der Waals surface area contributed by atoms with Crippen molar-refractivity contribution in [3.63, 3.8) is 0 Å². The summed E-state index contributed by atoms with van der Waals surface area (Å²) in [6, 6.07) is 38.3. The van der Waals surface area contributed by atoms with Gasteiger partial charge in [-0.05, 0) is 118 Å². The molecule has 1 aliphatic rings. The average Bonchev–Trinajstić information content (AvgIpc) is 4.10. The number of nitrogens with zero attached hydrogens (tertiary/aromatic N) is 1. The molecule has 3 aromatic carbocycles. The zero-order valence-corrected chi connectivity index (χ0v) is 40.0. The second-order valence-corrected chi connectivity index (χ2v) is 23.3. The van der Waals surface area contributed by atoms with E-state index in [9.17, 15) is 4.79 Å². The fourth-order valence-corrected chi connectivity index (χ4v) is 17.8. The van der Waals surface area contributed by atoms with Crippen LogP contribution in [0.15, 0.2) is 118 Å². The standard InChI is InChI=1S/C50H55NO5S4Si/c1-6-10-21-38-30-45(59-49(38)46-28-34(5)48(60-46)44-26-27-47(58-44)61(53-7-2,54-8-3)55-9-4)43-25-24-42(57-43)40-29-37-22-23-39(31-41(37)56-50(40)52)51(32-35-17-13-11-14-18-35)33-36-19-15-12-16-20-36/h11-20,22-25,28-31,44,47H,6-10,21,26-27,32-33H2,1-5H3. The van der Waals surface area contributed by atoms with Crippen LogP contribution in [0.25, 0.3) is 40.9 Å². The van der Waals surface area contributed by atoms with E-state index in [0.29, 0.717) is 36.2 Å². The van der Waals surface area contributed by atoms with Gasteiger partial charge in [-0.25, -0.2) is 4.79 Å². The molecule has 0 N–H and O–H groups in total. The molecule has 2 atom stereocenters. The Bertz CT molecular complexity index is 2520. The zero-order valence-electron chi connectivity index (χ0n) is 35.7. The lowest BCUT2D eigenvalue weighted by Crippen LogP contribution is -2.54. The Morgan fingerprint density at radius 3 is 2.03 bits per heavy atom. The van der Waals surface area contributed by atoms with E-state index in [2.05, 4.69) is 104 Å². The van der Waals surface area contributed by atoms with Gasteiger partial charge in [0.1, 0.15) is 5.58 Å². The van der Waals surface area contributed by atoms with Crippen molar-refractivity contribution in [1.29, 1.82) is 0 Å². The first-order valence-electron chi connectivity index (χ1n) is 21.6. The van der Waals surface area contributed by atoms with Gasteiger partial charge in [0.05, 0.1) is 10.4 Å². The molecule has 1 saturated heterocycles. The van der Waals surface area contributed by atoms with Gasteiger partial charge in [0.2, 0.25) is 0 Å². The molecule has 11 heteroatoms. The van der Waals surface area contributed by atoms with Gasteiger partial charge in [0, 0.05) is 84.6 Å². The van der Waals surface area contributed by atoms with Gasteiger partial charge in [-0.3, -0.25) is 0 Å². The second kappa shape index (κ2) is 20.2. The summed E-state index contributed by atoms with van der Waals surface area (Å²) in [5.74, 6) is 0. The normalized spacial score (nSPS) is 15.6. The Kier molecular flexibility index (Phi) is 14.5. The van der Waals surface area contributed by atoms with Crippen LogP contribution in [-0.2, 0) is 32.8 Å². The smallest absolute Gasteiger partial charge is 0.422 e. The molecule has 0 saturated carbocycles. The van der Waals surface area contributed by atoms with Crippen molar-refractivity contribution in [2.45, 2.75) is 89.9 Å². The molecule has 0 bridgehead atoms. The Labute approximate surface area is 377 Å². The van der Waals surface area contributed by atoms with Crippen LogP contribution in [0.2, 0.25) is 0 Å². The number of rotatable bonds is 19. The molecule has 8 rings (SSSR count). The van der Waals surface area contributed by atoms with Crippen LogP contribution in [0, 0.1) is 6.92 Å². The highest BCUT2D eigenvalue weighted by molar-refractivity contribution is 8.02. The highest BCUT2D eigenvalue weighted by Crippen LogP contribution is 2.53. The van der Waals surface area contributed by atoms with Gasteiger partial charge in [-0.15, -0.1) is 45.8 Å². The monoisotopic (exact) mass is 905 g/mol. The third-order valence-corrected chi connectivity index (χ3v) is 21.1. The summed E-state index contributed by atoms with van der Waals surface area (Å²) in [5.41, 5.74) is 7.09. The second-order valence-electron chi connectivity index (χ2n) is 15.5. The van der Waals surface area contributed by atoms with Gasteiger partial charge < -0.3 is 22.6 Å². The lowest BCUT2D eigenvalue weighted by atomic mass is 10.1. The maximum atomic E-state index is 13.7. The van der Waals surface area contributed by atoms with Gasteiger partial charge in [-0.1, -0.05) is 74.0 Å². The van der Waals surface area contributed by atoms with E-state index < -0.39 is 8.80 Å². The maximum Gasteiger partial charge on any atom is 0.514 e. The Morgan fingerprint density at radius 2 is 1.38 bits per heavy atom. The topological polar surface area (TPSA) is 61.1 Å². The van der Waals surface area contributed by atoms with Crippen LogP contribution in [0.5, 0.6) is 0 Å². The molecule has 4 aromatic heterocycles. The number of hydrogen-bond donors (Lipinski definition) is 0. The number of hydrogen-bond acceptors (Lipinski definition) is 10. The summed E-state index contributed by atoms with van der Waals surface area (Å²) in [4.78, 5) is 23.8. The van der Waals surface area contributed by atoms with Crippen LogP contribution < -0.4 is 10.5 Å². The molecule has 0 radical (unpaired) electrons. The first kappa shape index (κ1) is 43.8. The number of benzene rings is 3. The van der Waals surface area contributed by atoms with E-state index in [-0.39, 0.29) is 10.5 Å². The number of anilines is 1. The number of thioether (sulfide) groups is 1. The third-order valence-electron chi connectivity index (χ3n) is 11.2. The Hall–Kier alpha value is -3.78. The van der Waals surface area contributed by atoms with E-state index >= 15 is 0 Å². The summed E-state index contributed by atoms with van der Waals surface area (Å²) in [6.07, 6.45) is 5.47. The first-order valence-corrected chi connectivity index (χ1v) is 26.8. The lowest BCUT2D eigenvalue weighted by Gasteiger charge is -2.32. The molecule has 2 unspecified atom stereocenters. The minimum absolute atomic E-state index is 0.242. The first-order chi connectivity index (χ1) is 29.8. The van der Waals surface area contributed by atoms with Crippen LogP contribution in [0.4, 0.5) is 5.69 Å². The Morgan fingerprint density at radius 1 is 0.705 bits per heavy atom. The molecule has 61 heavy (non-hydrogen) atoms. The van der Waals surface area contributed by atoms with Gasteiger partial charge in [-0.2, -0.15) is 0 Å². The Balaban J connectivity index is 1.05. The molecule has 1 aliphatic heterocycles. The highest BCUT2D eigenvalue weighted by Gasteiger charge is 2.53. The van der Waals surface area contributed by atoms with E-state index in [1.54, 1.807) is 11.3 Å². The molecule has 6 nitrogen and oxygen atoms in total. The quantitative estimate of drug-likeness (QED) is 0.0592. The van der Waals surface area contributed by atoms with Gasteiger partial charge in [0.25, 0.3) is 0 Å². The lowest BCUT2D eigenvalue weighted by molar-refractivity contribution is 0.0693. The highest BCUT2D eigenvalue weighted by atomic mass is 32.2. The number of aryl methyl sites for hydroxylation is 2. The molecule has 318 valence electrons. The van der Waals surface area contributed by atoms with E-state index in [1.165, 1.54) is 46.6 Å². The van der Waals surface area contributed by atoms with Crippen molar-refractivity contribution < 1.29 is 17.7 Å². The molecular formula is C50H55NO5S4Si. The minimum atomic E-state index is -2.80. The van der Waals surface area contributed by atoms with Crippen molar-refractivity contribution >= 4 is 71.2 Å². The van der Waals surface area contributed by atoms with Crippen molar-refractivity contribution in [2.24, 2.45) is 0 Å². The van der Waals surface area contributed by atoms with Crippen molar-refractivity contribution in [3.05, 3.63) is 147 Å². The fraction of sp³-hybridized carbons (Fsp3) is 0.340. The predicted octanol–water partition coefficient (Wildman–Crippen LogP) is 14.4. The summed E-state index contributed by atoms with van der Waals surface area (Å²) >= 11 is 7.51. The van der Waals surface area contributed by atoms with Crippen LogP contribution in [0.1, 0.15) is 85.8 Å². The molecule has 0 spiro atoms. The molecular weight excluding hydrogens is 851 g/mol. The summed E-state index contributed by atoms with van der Waals surface area (Å²) in [7, 11) is -2.80. The predicted molar refractivity (Wildman–Crippen MR) is 263 cm³/mol. The van der Waals surface area contributed by atoms with E-state index in [0.717, 1.165) is 61.1 Å². The van der Waals surface area contributed by atoms with Crippen LogP contribution >= 0.6 is 45.8 Å². The number of thiophene rings is 3. The molecule has 7 aromatic rings. The number of fused-ring (bicyclic) bond motifs is 1. The summed E-state index contributed by atoms with van der Waals surface area (Å²) in [5, 5.41) is 1.31. The van der Waals surface area contributed by atoms with E-state index in [4.69, 9.17) is 17.7 Å². The van der Waals surface area contributed by atoms with Crippen molar-refractivity contribution in [1.82, 2.24) is 0 Å². The molecule has 1 fully saturated rings. The van der Waals surface area contributed by atoms with Crippen LogP contribution in [-0.4, -0.2) is 33.5 Å². The van der Waals surface area contributed by atoms with E-state index in [1.807, 2.05) is 79.5 Å². The largest absolute Gasteiger partial charge is 0.514 e. The maximum absolute atomic E-state index is 13.7. The molecule has 0 amide bonds. The zero-order chi connectivity index (χ0) is 42.3. The molecule has 5 heterocycles. The van der Waals surface area contributed by atoms with Crippen molar-refractivity contribution in [2.75, 3.05) is 24.7 Å². The summed E-state index contributed by atoms with van der Waals surface area (Å²) < 4.78 is 25.1. The average molecular weight is 906 g/mol. The van der Waals surface area contributed by atoms with Gasteiger partial charge in [0.15, 0.2) is 0 Å². The minimum Gasteiger partial charge on any atom is -0.422 e. The SMILES string of the molecule is CCCCc1cc(-c2ccc(-c3cc4ccc(N(Cc5ccccc5)Cc5ccccc5)cc4oc3=O)s2)sc1-c1cc(C)c(C2CCC([Si](OCC)(OCC)OCC)S2)s1. The third kappa shape index (κ3) is 9.90.